The van der Waals surface area contributed by atoms with Gasteiger partial charge in [-0.15, -0.1) is 0 Å². The highest BCUT2D eigenvalue weighted by molar-refractivity contribution is 5.86. The van der Waals surface area contributed by atoms with Crippen LogP contribution in [0.2, 0.25) is 0 Å². The van der Waals surface area contributed by atoms with Gasteiger partial charge in [0.25, 0.3) is 0 Å². The largest absolute Gasteiger partial charge is 0.378 e. The number of imidazole rings is 1. The summed E-state index contributed by atoms with van der Waals surface area (Å²) in [5.41, 5.74) is 9.04. The van der Waals surface area contributed by atoms with E-state index in [1.807, 2.05) is 13.8 Å². The molecule has 9 nitrogen and oxygen atoms in total. The monoisotopic (exact) mass is 380 g/mol. The summed E-state index contributed by atoms with van der Waals surface area (Å²) in [6.07, 6.45) is 4.26. The number of fused-ring (bicyclic) bond motifs is 1. The van der Waals surface area contributed by atoms with Crippen LogP contribution in [0.4, 0.5) is 11.8 Å². The fourth-order valence-electron chi connectivity index (χ4n) is 3.69. The zero-order valence-electron chi connectivity index (χ0n) is 16.2. The molecule has 2 aliphatic rings. The molecule has 0 amide bonds. The lowest BCUT2D eigenvalue weighted by Gasteiger charge is -2.28. The van der Waals surface area contributed by atoms with Crippen LogP contribution >= 0.6 is 0 Å². The molecule has 1 aliphatic heterocycles. The average molecular weight is 380 g/mol. The van der Waals surface area contributed by atoms with Crippen molar-refractivity contribution in [2.24, 2.45) is 5.92 Å². The third-order valence-electron chi connectivity index (χ3n) is 5.45. The highest BCUT2D eigenvalue weighted by Crippen LogP contribution is 2.34. The van der Waals surface area contributed by atoms with Gasteiger partial charge in [0.15, 0.2) is 22.8 Å². The highest BCUT2D eigenvalue weighted by Gasteiger charge is 2.27. The van der Waals surface area contributed by atoms with Gasteiger partial charge in [-0.1, -0.05) is 0 Å². The third-order valence-corrected chi connectivity index (χ3v) is 5.45. The smallest absolute Gasteiger partial charge is 0.220 e. The van der Waals surface area contributed by atoms with Gasteiger partial charge in [0.2, 0.25) is 5.95 Å². The Balaban J connectivity index is 1.71. The van der Waals surface area contributed by atoms with Gasteiger partial charge in [0, 0.05) is 25.8 Å². The Morgan fingerprint density at radius 3 is 2.61 bits per heavy atom. The van der Waals surface area contributed by atoms with Crippen LogP contribution in [0, 0.1) is 19.8 Å². The maximum absolute atomic E-state index is 5.73. The van der Waals surface area contributed by atoms with Crippen molar-refractivity contribution in [3.05, 3.63) is 17.7 Å². The number of rotatable bonds is 4. The number of hydrogen-bond donors (Lipinski definition) is 1. The second kappa shape index (κ2) is 6.66. The summed E-state index contributed by atoms with van der Waals surface area (Å²) < 4.78 is 7.76. The van der Waals surface area contributed by atoms with Gasteiger partial charge < -0.3 is 19.9 Å². The van der Waals surface area contributed by atoms with Gasteiger partial charge in [-0.2, -0.15) is 0 Å². The second-order valence-corrected chi connectivity index (χ2v) is 7.58. The minimum absolute atomic E-state index is 0.255. The molecule has 0 unspecified atom stereocenters. The number of hydrogen-bond acceptors (Lipinski definition) is 8. The van der Waals surface area contributed by atoms with E-state index in [9.17, 15) is 0 Å². The fraction of sp³-hybridized carbons (Fsp3) is 0.526. The van der Waals surface area contributed by atoms with Gasteiger partial charge >= 0.3 is 0 Å². The van der Waals surface area contributed by atoms with E-state index in [1.54, 1.807) is 6.20 Å². The Labute approximate surface area is 163 Å². The first-order valence-corrected chi connectivity index (χ1v) is 9.77. The minimum Gasteiger partial charge on any atom is -0.378 e. The number of aryl methyl sites for hydroxylation is 2. The van der Waals surface area contributed by atoms with Crippen LogP contribution < -0.4 is 10.6 Å². The molecule has 0 aromatic carbocycles. The highest BCUT2D eigenvalue weighted by atomic mass is 16.5. The van der Waals surface area contributed by atoms with Crippen LogP contribution in [-0.2, 0) is 11.3 Å². The zero-order chi connectivity index (χ0) is 19.3. The summed E-state index contributed by atoms with van der Waals surface area (Å²) in [4.78, 5) is 25.3. The first-order chi connectivity index (χ1) is 13.6. The Hall–Kier alpha value is -2.81. The standard InChI is InChI=1S/C19H24N8O/c1-11-14(9-21-19(20)22-11)16-24-17(26-5-7-28-8-6-26)15-18(25-16)27(12(2)23-15)10-13-3-4-13/h9,13H,3-8,10H2,1-2H3,(H2,20,21,22). The van der Waals surface area contributed by atoms with E-state index in [-0.39, 0.29) is 5.95 Å². The summed E-state index contributed by atoms with van der Waals surface area (Å²) >= 11 is 0. The fourth-order valence-corrected chi connectivity index (χ4v) is 3.69. The van der Waals surface area contributed by atoms with Gasteiger partial charge in [-0.3, -0.25) is 0 Å². The molecule has 2 N–H and O–H groups in total. The van der Waals surface area contributed by atoms with Crippen LogP contribution in [0.5, 0.6) is 0 Å². The van der Waals surface area contributed by atoms with E-state index in [1.165, 1.54) is 12.8 Å². The van der Waals surface area contributed by atoms with Crippen LogP contribution in [0.25, 0.3) is 22.6 Å². The molecular weight excluding hydrogens is 356 g/mol. The molecule has 3 aromatic heterocycles. The number of morpholine rings is 1. The van der Waals surface area contributed by atoms with Crippen molar-refractivity contribution < 1.29 is 4.74 Å². The molecule has 0 bridgehead atoms. The summed E-state index contributed by atoms with van der Waals surface area (Å²) in [6, 6.07) is 0. The van der Waals surface area contributed by atoms with E-state index < -0.39 is 0 Å². The van der Waals surface area contributed by atoms with Crippen molar-refractivity contribution in [3.8, 4) is 11.4 Å². The molecule has 1 saturated heterocycles. The van der Waals surface area contributed by atoms with Gasteiger partial charge in [-0.05, 0) is 32.6 Å². The van der Waals surface area contributed by atoms with Crippen molar-refractivity contribution in [2.75, 3.05) is 36.9 Å². The maximum Gasteiger partial charge on any atom is 0.220 e. The summed E-state index contributed by atoms with van der Waals surface area (Å²) in [7, 11) is 0. The predicted molar refractivity (Wildman–Crippen MR) is 106 cm³/mol. The maximum atomic E-state index is 5.73. The van der Waals surface area contributed by atoms with Crippen molar-refractivity contribution in [2.45, 2.75) is 33.2 Å². The Morgan fingerprint density at radius 1 is 1.11 bits per heavy atom. The lowest BCUT2D eigenvalue weighted by Crippen LogP contribution is -2.37. The predicted octanol–water partition coefficient (Wildman–Crippen LogP) is 1.73. The molecule has 3 aromatic rings. The molecule has 1 saturated carbocycles. The number of ether oxygens (including phenoxy) is 1. The number of aromatic nitrogens is 6. The molecule has 0 atom stereocenters. The Kier molecular flexibility index (Phi) is 4.12. The lowest BCUT2D eigenvalue weighted by atomic mass is 10.2. The molecule has 9 heteroatoms. The summed E-state index contributed by atoms with van der Waals surface area (Å²) in [5, 5.41) is 0. The topological polar surface area (TPSA) is 108 Å². The minimum atomic E-state index is 0.255. The van der Waals surface area contributed by atoms with Crippen molar-refractivity contribution in [1.29, 1.82) is 0 Å². The van der Waals surface area contributed by atoms with Crippen LogP contribution in [-0.4, -0.2) is 55.8 Å². The van der Waals surface area contributed by atoms with Gasteiger partial charge in [0.1, 0.15) is 5.82 Å². The Morgan fingerprint density at radius 2 is 1.89 bits per heavy atom. The number of nitrogen functional groups attached to an aromatic ring is 1. The van der Waals surface area contributed by atoms with E-state index >= 15 is 0 Å². The SMILES string of the molecule is Cc1nc(N)ncc1-c1nc(N2CCOCC2)c2nc(C)n(CC3CC3)c2n1. The molecule has 0 spiro atoms. The molecule has 4 heterocycles. The van der Waals surface area contributed by atoms with Gasteiger partial charge in [-0.25, -0.2) is 24.9 Å². The quantitative estimate of drug-likeness (QED) is 0.729. The molecular formula is C19H24N8O. The first kappa shape index (κ1) is 17.3. The van der Waals surface area contributed by atoms with E-state index in [0.29, 0.717) is 19.0 Å². The normalized spacial score (nSPS) is 17.4. The number of nitrogens with two attached hydrogens (primary N) is 1. The summed E-state index contributed by atoms with van der Waals surface area (Å²) in [5.74, 6) is 3.43. The molecule has 1 aliphatic carbocycles. The van der Waals surface area contributed by atoms with E-state index in [4.69, 9.17) is 25.4 Å². The number of anilines is 2. The van der Waals surface area contributed by atoms with Crippen LogP contribution in [0.1, 0.15) is 24.4 Å². The molecule has 28 heavy (non-hydrogen) atoms. The Bertz CT molecular complexity index is 1040. The van der Waals surface area contributed by atoms with Crippen LogP contribution in [0.15, 0.2) is 6.20 Å². The molecule has 5 rings (SSSR count). The zero-order valence-corrected chi connectivity index (χ0v) is 16.2. The third kappa shape index (κ3) is 3.05. The van der Waals surface area contributed by atoms with Crippen molar-refractivity contribution >= 4 is 22.9 Å². The molecule has 0 radical (unpaired) electrons. The van der Waals surface area contributed by atoms with Gasteiger partial charge in [0.05, 0.1) is 24.5 Å². The van der Waals surface area contributed by atoms with E-state index in [0.717, 1.165) is 59.6 Å². The first-order valence-electron chi connectivity index (χ1n) is 9.77. The molecule has 2 fully saturated rings. The average Bonchev–Trinajstić information content (AvgIpc) is 3.46. The summed E-state index contributed by atoms with van der Waals surface area (Å²) in [6.45, 7) is 7.86. The second-order valence-electron chi connectivity index (χ2n) is 7.58. The lowest BCUT2D eigenvalue weighted by molar-refractivity contribution is 0.122. The van der Waals surface area contributed by atoms with Crippen molar-refractivity contribution in [1.82, 2.24) is 29.5 Å². The van der Waals surface area contributed by atoms with Crippen LogP contribution in [0.3, 0.4) is 0 Å². The van der Waals surface area contributed by atoms with Crippen molar-refractivity contribution in [3.63, 3.8) is 0 Å². The number of nitrogens with zero attached hydrogens (tertiary/aromatic N) is 7. The molecule has 146 valence electrons. The van der Waals surface area contributed by atoms with E-state index in [2.05, 4.69) is 19.4 Å².